The normalized spacial score (nSPS) is 17.6. The molecule has 1 aliphatic carbocycles. The van der Waals surface area contributed by atoms with Crippen molar-refractivity contribution < 1.29 is 9.13 Å². The van der Waals surface area contributed by atoms with Gasteiger partial charge in [-0.3, -0.25) is 0 Å². The number of ether oxygens (including phenoxy) is 1. The molecule has 2 nitrogen and oxygen atoms in total. The predicted molar refractivity (Wildman–Crippen MR) is 66.6 cm³/mol. The van der Waals surface area contributed by atoms with E-state index in [0.717, 1.165) is 12.0 Å². The van der Waals surface area contributed by atoms with Crippen LogP contribution < -0.4 is 10.5 Å². The van der Waals surface area contributed by atoms with Crippen molar-refractivity contribution in [3.05, 3.63) is 29.6 Å². The quantitative estimate of drug-likeness (QED) is 0.854. The molecule has 0 aliphatic heterocycles. The van der Waals surface area contributed by atoms with Gasteiger partial charge in [0, 0.05) is 0 Å². The van der Waals surface area contributed by atoms with Crippen LogP contribution in [0.1, 0.15) is 31.7 Å². The van der Waals surface area contributed by atoms with Crippen molar-refractivity contribution in [2.75, 3.05) is 13.2 Å². The number of hydrogen-bond donors (Lipinski definition) is 1. The van der Waals surface area contributed by atoms with E-state index in [9.17, 15) is 4.39 Å². The second kappa shape index (κ2) is 5.05. The van der Waals surface area contributed by atoms with Crippen molar-refractivity contribution in [2.24, 2.45) is 11.1 Å². The zero-order chi connectivity index (χ0) is 12.3. The predicted octanol–water partition coefficient (Wildman–Crippen LogP) is 2.90. The van der Waals surface area contributed by atoms with Crippen LogP contribution in [0.2, 0.25) is 0 Å². The third kappa shape index (κ3) is 2.60. The lowest BCUT2D eigenvalue weighted by molar-refractivity contribution is 0.144. The largest absolute Gasteiger partial charge is 0.491 e. The van der Waals surface area contributed by atoms with Crippen molar-refractivity contribution in [2.45, 2.75) is 32.6 Å². The molecule has 1 aromatic carbocycles. The molecule has 2 N–H and O–H groups in total. The highest BCUT2D eigenvalue weighted by molar-refractivity contribution is 5.30. The number of halogens is 1. The molecule has 0 unspecified atom stereocenters. The second-order valence-electron chi connectivity index (χ2n) is 4.93. The fourth-order valence-corrected chi connectivity index (χ4v) is 2.49. The monoisotopic (exact) mass is 237 g/mol. The van der Waals surface area contributed by atoms with Gasteiger partial charge in [0.25, 0.3) is 0 Å². The first-order valence-corrected chi connectivity index (χ1v) is 6.30. The summed E-state index contributed by atoms with van der Waals surface area (Å²) in [6.45, 7) is 3.04. The lowest BCUT2D eigenvalue weighted by Crippen LogP contribution is -2.39. The minimum Gasteiger partial charge on any atom is -0.491 e. The summed E-state index contributed by atoms with van der Waals surface area (Å²) in [5.41, 5.74) is 7.06. The summed E-state index contributed by atoms with van der Waals surface area (Å²) in [6, 6.07) is 5.25. The van der Waals surface area contributed by atoms with Gasteiger partial charge in [-0.1, -0.05) is 12.5 Å². The van der Waals surface area contributed by atoms with Gasteiger partial charge in [-0.25, -0.2) is 4.39 Å². The molecule has 0 radical (unpaired) electrons. The Morgan fingerprint density at radius 1 is 1.41 bits per heavy atom. The van der Waals surface area contributed by atoms with Gasteiger partial charge in [0.05, 0.1) is 6.61 Å². The molecule has 0 heterocycles. The average Bonchev–Trinajstić information content (AvgIpc) is 2.27. The van der Waals surface area contributed by atoms with Crippen LogP contribution in [0.15, 0.2) is 18.2 Å². The van der Waals surface area contributed by atoms with Crippen molar-refractivity contribution in [1.29, 1.82) is 0 Å². The van der Waals surface area contributed by atoms with Crippen LogP contribution in [0.25, 0.3) is 0 Å². The Morgan fingerprint density at radius 3 is 2.65 bits per heavy atom. The van der Waals surface area contributed by atoms with Crippen LogP contribution >= 0.6 is 0 Å². The maximum absolute atomic E-state index is 13.7. The van der Waals surface area contributed by atoms with Crippen LogP contribution in [-0.2, 0) is 6.42 Å². The molecule has 0 atom stereocenters. The highest BCUT2D eigenvalue weighted by Gasteiger charge is 2.35. The van der Waals surface area contributed by atoms with E-state index < -0.39 is 0 Å². The summed E-state index contributed by atoms with van der Waals surface area (Å²) in [4.78, 5) is 0. The third-order valence-corrected chi connectivity index (χ3v) is 3.72. The van der Waals surface area contributed by atoms with E-state index in [0.29, 0.717) is 18.9 Å². The Morgan fingerprint density at radius 2 is 2.18 bits per heavy atom. The first-order valence-electron chi connectivity index (χ1n) is 6.30. The molecular weight excluding hydrogens is 217 g/mol. The molecule has 0 amide bonds. The third-order valence-electron chi connectivity index (χ3n) is 3.72. The molecule has 3 heteroatoms. The lowest BCUT2D eigenvalue weighted by atomic mass is 9.65. The standard InChI is InChI=1S/C14H20FNO/c1-2-17-13-5-4-11(8-12(13)15)9-14(10-16)6-3-7-14/h4-5,8H,2-3,6-7,9-10,16H2,1H3. The molecule has 0 aromatic heterocycles. The molecule has 94 valence electrons. The molecule has 1 saturated carbocycles. The van der Waals surface area contributed by atoms with Crippen LogP contribution in [-0.4, -0.2) is 13.2 Å². The fourth-order valence-electron chi connectivity index (χ4n) is 2.49. The van der Waals surface area contributed by atoms with Crippen LogP contribution in [0.5, 0.6) is 5.75 Å². The minimum atomic E-state index is -0.268. The van der Waals surface area contributed by atoms with E-state index in [1.165, 1.54) is 19.3 Å². The molecule has 1 aromatic rings. The van der Waals surface area contributed by atoms with E-state index in [1.807, 2.05) is 13.0 Å². The van der Waals surface area contributed by atoms with Crippen LogP contribution in [0.4, 0.5) is 4.39 Å². The van der Waals surface area contributed by atoms with Gasteiger partial charge >= 0.3 is 0 Å². The van der Waals surface area contributed by atoms with Gasteiger partial charge in [-0.05, 0) is 55.8 Å². The topological polar surface area (TPSA) is 35.2 Å². The molecule has 1 aliphatic rings. The van der Waals surface area contributed by atoms with Gasteiger partial charge in [-0.15, -0.1) is 0 Å². The zero-order valence-corrected chi connectivity index (χ0v) is 10.3. The van der Waals surface area contributed by atoms with E-state index in [4.69, 9.17) is 10.5 Å². The Balaban J connectivity index is 2.09. The summed E-state index contributed by atoms with van der Waals surface area (Å²) in [6.07, 6.45) is 4.46. The number of rotatable bonds is 5. The van der Waals surface area contributed by atoms with Gasteiger partial charge in [0.15, 0.2) is 11.6 Å². The Labute approximate surface area is 102 Å². The smallest absolute Gasteiger partial charge is 0.165 e. The zero-order valence-electron chi connectivity index (χ0n) is 10.3. The summed E-state index contributed by atoms with van der Waals surface area (Å²) in [5.74, 6) is 0.0718. The van der Waals surface area contributed by atoms with Crippen molar-refractivity contribution in [3.63, 3.8) is 0 Å². The highest BCUT2D eigenvalue weighted by Crippen LogP contribution is 2.42. The van der Waals surface area contributed by atoms with E-state index in [-0.39, 0.29) is 11.2 Å². The molecule has 0 spiro atoms. The van der Waals surface area contributed by atoms with Crippen LogP contribution in [0, 0.1) is 11.2 Å². The lowest BCUT2D eigenvalue weighted by Gasteiger charge is -2.41. The first-order chi connectivity index (χ1) is 8.19. The van der Waals surface area contributed by atoms with Crippen molar-refractivity contribution in [3.8, 4) is 5.75 Å². The van der Waals surface area contributed by atoms with Crippen LogP contribution in [0.3, 0.4) is 0 Å². The van der Waals surface area contributed by atoms with Crippen molar-refractivity contribution in [1.82, 2.24) is 0 Å². The molecule has 2 rings (SSSR count). The van der Waals surface area contributed by atoms with Gasteiger partial charge in [0.1, 0.15) is 0 Å². The van der Waals surface area contributed by atoms with E-state index >= 15 is 0 Å². The van der Waals surface area contributed by atoms with Crippen molar-refractivity contribution >= 4 is 0 Å². The van der Waals surface area contributed by atoms with E-state index in [1.54, 1.807) is 12.1 Å². The molecular formula is C14H20FNO. The maximum Gasteiger partial charge on any atom is 0.165 e. The Hall–Kier alpha value is -1.09. The number of benzene rings is 1. The number of nitrogens with two attached hydrogens (primary N) is 1. The first kappa shape index (κ1) is 12.4. The Kier molecular flexibility index (Phi) is 3.67. The Bertz CT molecular complexity index is 382. The molecule has 0 saturated heterocycles. The maximum atomic E-state index is 13.7. The summed E-state index contributed by atoms with van der Waals surface area (Å²) in [7, 11) is 0. The van der Waals surface area contributed by atoms with Gasteiger partial charge in [-0.2, -0.15) is 0 Å². The van der Waals surface area contributed by atoms with E-state index in [2.05, 4.69) is 0 Å². The molecule has 17 heavy (non-hydrogen) atoms. The molecule has 1 fully saturated rings. The summed E-state index contributed by atoms with van der Waals surface area (Å²) in [5, 5.41) is 0. The van der Waals surface area contributed by atoms with Gasteiger partial charge < -0.3 is 10.5 Å². The summed E-state index contributed by atoms with van der Waals surface area (Å²) >= 11 is 0. The summed E-state index contributed by atoms with van der Waals surface area (Å²) < 4.78 is 18.9. The fraction of sp³-hybridized carbons (Fsp3) is 0.571. The van der Waals surface area contributed by atoms with Gasteiger partial charge in [0.2, 0.25) is 0 Å². The molecule has 0 bridgehead atoms. The SMILES string of the molecule is CCOc1ccc(CC2(CN)CCC2)cc1F. The highest BCUT2D eigenvalue weighted by atomic mass is 19.1. The average molecular weight is 237 g/mol. The second-order valence-corrected chi connectivity index (χ2v) is 4.93. The number of hydrogen-bond acceptors (Lipinski definition) is 2. The minimum absolute atomic E-state index is 0.222.